The Bertz CT molecular complexity index is 761. The van der Waals surface area contributed by atoms with Crippen molar-refractivity contribution in [2.75, 3.05) is 29.5 Å². The Labute approximate surface area is 129 Å². The summed E-state index contributed by atoms with van der Waals surface area (Å²) in [6.45, 7) is 0. The van der Waals surface area contributed by atoms with Crippen molar-refractivity contribution in [3.63, 3.8) is 0 Å². The van der Waals surface area contributed by atoms with Crippen molar-refractivity contribution in [2.45, 2.75) is 4.90 Å². The summed E-state index contributed by atoms with van der Waals surface area (Å²) in [5, 5.41) is 0.124. The maximum absolute atomic E-state index is 12.5. The molecule has 0 saturated carbocycles. The van der Waals surface area contributed by atoms with E-state index in [0.717, 1.165) is 5.69 Å². The van der Waals surface area contributed by atoms with Crippen LogP contribution in [-0.4, -0.2) is 22.5 Å². The zero-order chi connectivity index (χ0) is 15.6. The molecule has 0 atom stereocenters. The maximum Gasteiger partial charge on any atom is 0.263 e. The van der Waals surface area contributed by atoms with E-state index in [1.54, 1.807) is 18.2 Å². The van der Waals surface area contributed by atoms with E-state index >= 15 is 0 Å². The summed E-state index contributed by atoms with van der Waals surface area (Å²) >= 11 is 5.96. The second kappa shape index (κ2) is 5.83. The quantitative estimate of drug-likeness (QED) is 0.848. The van der Waals surface area contributed by atoms with Crippen LogP contribution >= 0.6 is 11.6 Å². The molecule has 5 nitrogen and oxygen atoms in total. The van der Waals surface area contributed by atoms with Crippen molar-refractivity contribution in [3.8, 4) is 0 Å². The highest BCUT2D eigenvalue weighted by atomic mass is 35.5. The minimum atomic E-state index is -3.81. The smallest absolute Gasteiger partial charge is 0.263 e. The van der Waals surface area contributed by atoms with E-state index in [9.17, 15) is 8.42 Å². The largest absolute Gasteiger partial charge is 0.399 e. The van der Waals surface area contributed by atoms with Gasteiger partial charge >= 0.3 is 0 Å². The van der Waals surface area contributed by atoms with E-state index in [4.69, 9.17) is 17.3 Å². The SMILES string of the molecule is CN(C)c1ccccc1NS(=O)(=O)c1cc(N)ccc1Cl. The molecule has 0 aliphatic heterocycles. The van der Waals surface area contributed by atoms with E-state index in [1.165, 1.54) is 12.1 Å². The van der Waals surface area contributed by atoms with Crippen LogP contribution in [0.1, 0.15) is 0 Å². The van der Waals surface area contributed by atoms with E-state index < -0.39 is 10.0 Å². The molecule has 2 aromatic rings. The molecule has 2 rings (SSSR count). The molecule has 2 aromatic carbocycles. The van der Waals surface area contributed by atoms with Gasteiger partial charge in [-0.2, -0.15) is 0 Å². The van der Waals surface area contributed by atoms with Crippen molar-refractivity contribution in [1.82, 2.24) is 0 Å². The molecular weight excluding hydrogens is 310 g/mol. The number of nitrogens with zero attached hydrogens (tertiary/aromatic N) is 1. The van der Waals surface area contributed by atoms with Gasteiger partial charge in [0.1, 0.15) is 4.90 Å². The first-order chi connectivity index (χ1) is 9.81. The molecule has 3 N–H and O–H groups in total. The molecule has 0 aliphatic carbocycles. The summed E-state index contributed by atoms with van der Waals surface area (Å²) in [5.41, 5.74) is 7.19. The van der Waals surface area contributed by atoms with Gasteiger partial charge in [0.15, 0.2) is 0 Å². The van der Waals surface area contributed by atoms with Gasteiger partial charge in [-0.1, -0.05) is 23.7 Å². The van der Waals surface area contributed by atoms with Crippen molar-refractivity contribution in [1.29, 1.82) is 0 Å². The highest BCUT2D eigenvalue weighted by Gasteiger charge is 2.20. The van der Waals surface area contributed by atoms with Gasteiger partial charge in [0.2, 0.25) is 0 Å². The van der Waals surface area contributed by atoms with Crippen molar-refractivity contribution in [3.05, 3.63) is 47.5 Å². The molecular formula is C14H16ClN3O2S. The molecule has 7 heteroatoms. The van der Waals surface area contributed by atoms with E-state index in [-0.39, 0.29) is 9.92 Å². The highest BCUT2D eigenvalue weighted by Crippen LogP contribution is 2.29. The lowest BCUT2D eigenvalue weighted by atomic mass is 10.2. The van der Waals surface area contributed by atoms with Crippen LogP contribution in [0.25, 0.3) is 0 Å². The molecule has 21 heavy (non-hydrogen) atoms. The molecule has 0 aliphatic rings. The maximum atomic E-state index is 12.5. The van der Waals surface area contributed by atoms with Crippen LogP contribution in [0.5, 0.6) is 0 Å². The number of anilines is 3. The van der Waals surface area contributed by atoms with Crippen molar-refractivity contribution >= 4 is 38.7 Å². The topological polar surface area (TPSA) is 75.4 Å². The molecule has 0 fully saturated rings. The molecule has 0 spiro atoms. The molecule has 112 valence electrons. The van der Waals surface area contributed by atoms with Crippen LogP contribution in [-0.2, 0) is 10.0 Å². The Hall–Kier alpha value is -1.92. The van der Waals surface area contributed by atoms with Crippen LogP contribution in [0.4, 0.5) is 17.1 Å². The lowest BCUT2D eigenvalue weighted by Crippen LogP contribution is -2.17. The first-order valence-electron chi connectivity index (χ1n) is 6.15. The van der Waals surface area contributed by atoms with E-state index in [2.05, 4.69) is 4.72 Å². The Kier molecular flexibility index (Phi) is 4.29. The van der Waals surface area contributed by atoms with Gasteiger partial charge in [-0.05, 0) is 30.3 Å². The zero-order valence-electron chi connectivity index (χ0n) is 11.7. The average Bonchev–Trinajstić information content (AvgIpc) is 2.41. The Balaban J connectivity index is 2.45. The number of para-hydroxylation sites is 2. The summed E-state index contributed by atoms with van der Waals surface area (Å²) in [4.78, 5) is 1.77. The second-order valence-electron chi connectivity index (χ2n) is 4.71. The summed E-state index contributed by atoms with van der Waals surface area (Å²) < 4.78 is 27.5. The number of nitrogen functional groups attached to an aromatic ring is 1. The number of sulfonamides is 1. The third kappa shape index (κ3) is 3.40. The van der Waals surface area contributed by atoms with Gasteiger partial charge < -0.3 is 10.6 Å². The van der Waals surface area contributed by atoms with Crippen LogP contribution in [0.3, 0.4) is 0 Å². The fraction of sp³-hybridized carbons (Fsp3) is 0.143. The molecule has 0 bridgehead atoms. The van der Waals surface area contributed by atoms with Crippen LogP contribution in [0.2, 0.25) is 5.02 Å². The van der Waals surface area contributed by atoms with Gasteiger partial charge in [-0.25, -0.2) is 8.42 Å². The third-order valence-corrected chi connectivity index (χ3v) is 4.72. The number of hydrogen-bond donors (Lipinski definition) is 2. The lowest BCUT2D eigenvalue weighted by molar-refractivity contribution is 0.601. The molecule has 0 heterocycles. The number of rotatable bonds is 4. The number of halogens is 1. The fourth-order valence-corrected chi connectivity index (χ4v) is 3.49. The normalized spacial score (nSPS) is 11.2. The molecule has 0 saturated heterocycles. The van der Waals surface area contributed by atoms with Gasteiger partial charge in [0.05, 0.1) is 16.4 Å². The van der Waals surface area contributed by atoms with Crippen LogP contribution < -0.4 is 15.4 Å². The fourth-order valence-electron chi connectivity index (χ4n) is 1.88. The Morgan fingerprint density at radius 1 is 1.14 bits per heavy atom. The molecule has 0 unspecified atom stereocenters. The molecule has 0 amide bonds. The minimum absolute atomic E-state index is 0.0438. The van der Waals surface area contributed by atoms with E-state index in [1.807, 2.05) is 31.1 Å². The lowest BCUT2D eigenvalue weighted by Gasteiger charge is -2.18. The highest BCUT2D eigenvalue weighted by molar-refractivity contribution is 7.92. The van der Waals surface area contributed by atoms with Gasteiger partial charge in [0.25, 0.3) is 10.0 Å². The zero-order valence-corrected chi connectivity index (χ0v) is 13.2. The summed E-state index contributed by atoms with van der Waals surface area (Å²) in [5.74, 6) is 0. The number of nitrogens with one attached hydrogen (secondary N) is 1. The second-order valence-corrected chi connectivity index (χ2v) is 6.76. The predicted molar refractivity (Wildman–Crippen MR) is 87.4 cm³/mol. The minimum Gasteiger partial charge on any atom is -0.399 e. The summed E-state index contributed by atoms with van der Waals surface area (Å²) in [7, 11) is -0.143. The monoisotopic (exact) mass is 325 g/mol. The van der Waals surface area contributed by atoms with Crippen LogP contribution in [0, 0.1) is 0 Å². The third-order valence-electron chi connectivity index (χ3n) is 2.87. The van der Waals surface area contributed by atoms with Crippen molar-refractivity contribution < 1.29 is 8.42 Å². The standard InChI is InChI=1S/C14H16ClN3O2S/c1-18(2)13-6-4-3-5-12(13)17-21(19,20)14-9-10(16)7-8-11(14)15/h3-9,17H,16H2,1-2H3. The Morgan fingerprint density at radius 2 is 1.81 bits per heavy atom. The molecule has 0 aromatic heterocycles. The average molecular weight is 326 g/mol. The first-order valence-corrected chi connectivity index (χ1v) is 8.01. The Morgan fingerprint density at radius 3 is 2.48 bits per heavy atom. The first kappa shape index (κ1) is 15.5. The number of nitrogens with two attached hydrogens (primary N) is 1. The van der Waals surface area contributed by atoms with Gasteiger partial charge in [0, 0.05) is 19.8 Å². The number of benzene rings is 2. The van der Waals surface area contributed by atoms with E-state index in [0.29, 0.717) is 11.4 Å². The number of hydrogen-bond acceptors (Lipinski definition) is 4. The predicted octanol–water partition coefficient (Wildman–Crippen LogP) is 2.79. The van der Waals surface area contributed by atoms with Crippen LogP contribution in [0.15, 0.2) is 47.4 Å². The summed E-state index contributed by atoms with van der Waals surface area (Å²) in [6.07, 6.45) is 0. The summed E-state index contributed by atoms with van der Waals surface area (Å²) in [6, 6.07) is 11.4. The molecule has 0 radical (unpaired) electrons. The van der Waals surface area contributed by atoms with Gasteiger partial charge in [-0.15, -0.1) is 0 Å². The van der Waals surface area contributed by atoms with Crippen molar-refractivity contribution in [2.24, 2.45) is 0 Å². The van der Waals surface area contributed by atoms with Gasteiger partial charge in [-0.3, -0.25) is 4.72 Å².